The van der Waals surface area contributed by atoms with E-state index in [1.165, 1.54) is 18.4 Å². The van der Waals surface area contributed by atoms with Crippen molar-refractivity contribution in [3.05, 3.63) is 35.9 Å². The van der Waals surface area contributed by atoms with E-state index in [2.05, 4.69) is 35.5 Å². The minimum atomic E-state index is 0.915. The van der Waals surface area contributed by atoms with E-state index in [0.29, 0.717) is 0 Å². The first-order valence-electron chi connectivity index (χ1n) is 5.61. The van der Waals surface area contributed by atoms with Crippen LogP contribution in [0.4, 0.5) is 0 Å². The third-order valence-electron chi connectivity index (χ3n) is 2.35. The minimum Gasteiger partial charge on any atom is -0.313 e. The molecule has 0 aromatic heterocycles. The van der Waals surface area contributed by atoms with Gasteiger partial charge in [-0.1, -0.05) is 36.8 Å². The monoisotopic (exact) mass is 201 g/mol. The van der Waals surface area contributed by atoms with Gasteiger partial charge in [0, 0.05) is 13.0 Å². The van der Waals surface area contributed by atoms with E-state index in [0.717, 1.165) is 25.9 Å². The Labute approximate surface area is 92.9 Å². The molecule has 0 bridgehead atoms. The molecule has 0 aliphatic heterocycles. The molecular weight excluding hydrogens is 182 g/mol. The molecule has 1 aromatic carbocycles. The molecule has 1 aromatic rings. The summed E-state index contributed by atoms with van der Waals surface area (Å²) in [6, 6.07) is 10.5. The number of benzene rings is 1. The van der Waals surface area contributed by atoms with Crippen LogP contribution in [0.15, 0.2) is 30.3 Å². The number of hydrogen-bond acceptors (Lipinski definition) is 1. The Morgan fingerprint density at radius 2 is 1.87 bits per heavy atom. The Hall–Kier alpha value is -1.26. The molecular formula is C14H19N. The van der Waals surface area contributed by atoms with Crippen LogP contribution in [0.2, 0.25) is 0 Å². The van der Waals surface area contributed by atoms with Crippen LogP contribution in [-0.4, -0.2) is 6.54 Å². The van der Waals surface area contributed by atoms with E-state index >= 15 is 0 Å². The van der Waals surface area contributed by atoms with Crippen LogP contribution in [0.25, 0.3) is 0 Å². The summed E-state index contributed by atoms with van der Waals surface area (Å²) in [4.78, 5) is 0. The van der Waals surface area contributed by atoms with Gasteiger partial charge in [-0.2, -0.15) is 0 Å². The van der Waals surface area contributed by atoms with Crippen LogP contribution < -0.4 is 5.32 Å². The van der Waals surface area contributed by atoms with Gasteiger partial charge in [-0.25, -0.2) is 0 Å². The zero-order valence-corrected chi connectivity index (χ0v) is 9.21. The quantitative estimate of drug-likeness (QED) is 0.528. The first-order chi connectivity index (χ1) is 7.43. The lowest BCUT2D eigenvalue weighted by Crippen LogP contribution is -2.14. The molecule has 1 rings (SSSR count). The second kappa shape index (κ2) is 8.08. The van der Waals surface area contributed by atoms with Crippen LogP contribution in [-0.2, 0) is 6.54 Å². The highest BCUT2D eigenvalue weighted by Crippen LogP contribution is 1.99. The van der Waals surface area contributed by atoms with Gasteiger partial charge in [0.25, 0.3) is 0 Å². The predicted molar refractivity (Wildman–Crippen MR) is 65.4 cm³/mol. The van der Waals surface area contributed by atoms with Crippen molar-refractivity contribution in [1.29, 1.82) is 0 Å². The molecule has 0 heterocycles. The molecule has 1 nitrogen and oxygen atoms in total. The number of rotatable bonds is 7. The molecule has 0 atom stereocenters. The Balaban J connectivity index is 1.96. The lowest BCUT2D eigenvalue weighted by atomic mass is 10.2. The maximum absolute atomic E-state index is 5.18. The van der Waals surface area contributed by atoms with Crippen LogP contribution in [0.5, 0.6) is 0 Å². The zero-order chi connectivity index (χ0) is 10.8. The highest BCUT2D eigenvalue weighted by atomic mass is 14.8. The smallest absolute Gasteiger partial charge is 0.0205 e. The lowest BCUT2D eigenvalue weighted by Gasteiger charge is -2.03. The standard InChI is InChI=1S/C14H19N/c1-2-3-4-5-9-12-15-13-14-10-7-6-8-11-14/h1,6-8,10-11,15H,3-5,9,12-13H2. The Morgan fingerprint density at radius 1 is 1.07 bits per heavy atom. The van der Waals surface area contributed by atoms with E-state index in [-0.39, 0.29) is 0 Å². The molecule has 0 amide bonds. The first-order valence-corrected chi connectivity index (χ1v) is 5.61. The molecule has 0 saturated heterocycles. The second-order valence-corrected chi connectivity index (χ2v) is 3.68. The van der Waals surface area contributed by atoms with Crippen LogP contribution in [0, 0.1) is 12.3 Å². The van der Waals surface area contributed by atoms with Gasteiger partial charge in [0.15, 0.2) is 0 Å². The molecule has 80 valence electrons. The van der Waals surface area contributed by atoms with E-state index < -0.39 is 0 Å². The third kappa shape index (κ3) is 5.93. The molecule has 1 N–H and O–H groups in total. The van der Waals surface area contributed by atoms with Gasteiger partial charge < -0.3 is 5.32 Å². The van der Waals surface area contributed by atoms with Crippen molar-refractivity contribution >= 4 is 0 Å². The SMILES string of the molecule is C#CCCCCCNCc1ccccc1. The van der Waals surface area contributed by atoms with Crippen molar-refractivity contribution in [2.45, 2.75) is 32.2 Å². The molecule has 0 aliphatic carbocycles. The predicted octanol–water partition coefficient (Wildman–Crippen LogP) is 2.97. The van der Waals surface area contributed by atoms with Gasteiger partial charge >= 0.3 is 0 Å². The average molecular weight is 201 g/mol. The summed E-state index contributed by atoms with van der Waals surface area (Å²) in [6.07, 6.45) is 9.70. The molecule has 0 saturated carbocycles. The van der Waals surface area contributed by atoms with Crippen LogP contribution in [0.1, 0.15) is 31.2 Å². The van der Waals surface area contributed by atoms with Crippen LogP contribution in [0.3, 0.4) is 0 Å². The summed E-state index contributed by atoms with van der Waals surface area (Å²) in [5, 5.41) is 3.43. The highest BCUT2D eigenvalue weighted by Gasteiger charge is 1.91. The molecule has 0 fully saturated rings. The largest absolute Gasteiger partial charge is 0.313 e. The van der Waals surface area contributed by atoms with E-state index in [1.807, 2.05) is 6.07 Å². The summed E-state index contributed by atoms with van der Waals surface area (Å²) >= 11 is 0. The lowest BCUT2D eigenvalue weighted by molar-refractivity contribution is 0.608. The molecule has 0 spiro atoms. The Morgan fingerprint density at radius 3 is 2.60 bits per heavy atom. The molecule has 0 radical (unpaired) electrons. The summed E-state index contributed by atoms with van der Waals surface area (Å²) < 4.78 is 0. The second-order valence-electron chi connectivity index (χ2n) is 3.68. The van der Waals surface area contributed by atoms with Gasteiger partial charge in [0.1, 0.15) is 0 Å². The molecule has 0 unspecified atom stereocenters. The summed E-state index contributed by atoms with van der Waals surface area (Å²) in [6.45, 7) is 2.05. The van der Waals surface area contributed by atoms with Gasteiger partial charge in [-0.05, 0) is 24.9 Å². The van der Waals surface area contributed by atoms with E-state index in [1.54, 1.807) is 0 Å². The van der Waals surface area contributed by atoms with Gasteiger partial charge in [-0.3, -0.25) is 0 Å². The van der Waals surface area contributed by atoms with Gasteiger partial charge in [0.2, 0.25) is 0 Å². The topological polar surface area (TPSA) is 12.0 Å². The summed E-state index contributed by atoms with van der Waals surface area (Å²) in [5.41, 5.74) is 1.35. The number of nitrogens with one attached hydrogen (secondary N) is 1. The summed E-state index contributed by atoms with van der Waals surface area (Å²) in [5.74, 6) is 2.66. The van der Waals surface area contributed by atoms with E-state index in [9.17, 15) is 0 Å². The van der Waals surface area contributed by atoms with E-state index in [4.69, 9.17) is 6.42 Å². The Kier molecular flexibility index (Phi) is 6.36. The fraction of sp³-hybridized carbons (Fsp3) is 0.429. The minimum absolute atomic E-state index is 0.915. The normalized spacial score (nSPS) is 9.80. The maximum Gasteiger partial charge on any atom is 0.0205 e. The number of unbranched alkanes of at least 4 members (excludes halogenated alkanes) is 3. The van der Waals surface area contributed by atoms with Crippen molar-refractivity contribution in [1.82, 2.24) is 5.32 Å². The van der Waals surface area contributed by atoms with Crippen molar-refractivity contribution in [3.8, 4) is 12.3 Å². The van der Waals surface area contributed by atoms with Crippen molar-refractivity contribution in [2.24, 2.45) is 0 Å². The van der Waals surface area contributed by atoms with Crippen molar-refractivity contribution in [2.75, 3.05) is 6.54 Å². The van der Waals surface area contributed by atoms with Crippen molar-refractivity contribution < 1.29 is 0 Å². The third-order valence-corrected chi connectivity index (χ3v) is 2.35. The average Bonchev–Trinajstić information content (AvgIpc) is 2.29. The fourth-order valence-corrected chi connectivity index (χ4v) is 1.48. The maximum atomic E-state index is 5.18. The Bertz CT molecular complexity index is 284. The van der Waals surface area contributed by atoms with Gasteiger partial charge in [0.05, 0.1) is 0 Å². The fourth-order valence-electron chi connectivity index (χ4n) is 1.48. The van der Waals surface area contributed by atoms with Gasteiger partial charge in [-0.15, -0.1) is 12.3 Å². The van der Waals surface area contributed by atoms with Crippen molar-refractivity contribution in [3.63, 3.8) is 0 Å². The first kappa shape index (κ1) is 11.8. The highest BCUT2D eigenvalue weighted by molar-refractivity contribution is 5.14. The zero-order valence-electron chi connectivity index (χ0n) is 9.21. The number of hydrogen-bond donors (Lipinski definition) is 1. The number of terminal acetylenes is 1. The summed E-state index contributed by atoms with van der Waals surface area (Å²) in [7, 11) is 0. The molecule has 15 heavy (non-hydrogen) atoms. The molecule has 1 heteroatoms. The van der Waals surface area contributed by atoms with Crippen LogP contribution >= 0.6 is 0 Å². The molecule has 0 aliphatic rings.